The van der Waals surface area contributed by atoms with Crippen LogP contribution in [0.25, 0.3) is 0 Å². The SMILES string of the molecule is CC(C)Cc1nc(CCC(F)(F)F)[nH]c(=O)c1Br. The minimum atomic E-state index is -4.25. The Morgan fingerprint density at radius 3 is 2.50 bits per heavy atom. The number of aryl methyl sites for hydroxylation is 1. The van der Waals surface area contributed by atoms with Crippen LogP contribution in [0.2, 0.25) is 0 Å². The highest BCUT2D eigenvalue weighted by Gasteiger charge is 2.27. The van der Waals surface area contributed by atoms with Gasteiger partial charge in [-0.05, 0) is 28.3 Å². The molecule has 0 saturated heterocycles. The van der Waals surface area contributed by atoms with Gasteiger partial charge in [0, 0.05) is 6.42 Å². The van der Waals surface area contributed by atoms with Crippen LogP contribution in [-0.2, 0) is 12.8 Å². The number of rotatable bonds is 4. The number of aromatic nitrogens is 2. The lowest BCUT2D eigenvalue weighted by molar-refractivity contribution is -0.134. The third-order valence-electron chi connectivity index (χ3n) is 2.23. The topological polar surface area (TPSA) is 45.8 Å². The molecule has 1 aromatic rings. The second kappa shape index (κ2) is 5.86. The molecule has 0 amide bonds. The van der Waals surface area contributed by atoms with E-state index in [9.17, 15) is 18.0 Å². The zero-order valence-corrected chi connectivity index (χ0v) is 11.7. The largest absolute Gasteiger partial charge is 0.389 e. The van der Waals surface area contributed by atoms with Crippen LogP contribution in [0.15, 0.2) is 9.27 Å². The molecule has 0 atom stereocenters. The Morgan fingerprint density at radius 1 is 1.39 bits per heavy atom. The highest BCUT2D eigenvalue weighted by molar-refractivity contribution is 9.10. The van der Waals surface area contributed by atoms with Gasteiger partial charge >= 0.3 is 6.18 Å². The Morgan fingerprint density at radius 2 is 2.00 bits per heavy atom. The predicted octanol–water partition coefficient (Wildman–Crippen LogP) is 3.23. The molecule has 1 heterocycles. The summed E-state index contributed by atoms with van der Waals surface area (Å²) in [6, 6.07) is 0. The molecule has 1 rings (SSSR count). The van der Waals surface area contributed by atoms with Gasteiger partial charge in [0.25, 0.3) is 5.56 Å². The van der Waals surface area contributed by atoms with Gasteiger partial charge < -0.3 is 4.98 Å². The van der Waals surface area contributed by atoms with Gasteiger partial charge in [0.1, 0.15) is 10.3 Å². The highest BCUT2D eigenvalue weighted by atomic mass is 79.9. The van der Waals surface area contributed by atoms with Gasteiger partial charge in [-0.3, -0.25) is 4.79 Å². The maximum Gasteiger partial charge on any atom is 0.389 e. The van der Waals surface area contributed by atoms with Crippen molar-refractivity contribution in [3.05, 3.63) is 26.3 Å². The van der Waals surface area contributed by atoms with Crippen LogP contribution < -0.4 is 5.56 Å². The zero-order chi connectivity index (χ0) is 13.9. The summed E-state index contributed by atoms with van der Waals surface area (Å²) in [5.74, 6) is 0.349. The van der Waals surface area contributed by atoms with E-state index in [1.165, 1.54) is 0 Å². The predicted molar refractivity (Wildman–Crippen MR) is 65.5 cm³/mol. The molecule has 1 aromatic heterocycles. The number of H-pyrrole nitrogens is 1. The van der Waals surface area contributed by atoms with Crippen molar-refractivity contribution in [2.75, 3.05) is 0 Å². The molecule has 0 aromatic carbocycles. The van der Waals surface area contributed by atoms with E-state index in [-0.39, 0.29) is 18.2 Å². The lowest BCUT2D eigenvalue weighted by Gasteiger charge is -2.09. The fourth-order valence-corrected chi connectivity index (χ4v) is 1.81. The number of aromatic amines is 1. The summed E-state index contributed by atoms with van der Waals surface area (Å²) in [7, 11) is 0. The van der Waals surface area contributed by atoms with E-state index in [0.717, 1.165) is 0 Å². The van der Waals surface area contributed by atoms with Crippen LogP contribution >= 0.6 is 15.9 Å². The number of hydrogen-bond acceptors (Lipinski definition) is 2. The molecular weight excluding hydrogens is 313 g/mol. The molecule has 0 spiro atoms. The van der Waals surface area contributed by atoms with E-state index in [2.05, 4.69) is 25.9 Å². The van der Waals surface area contributed by atoms with Crippen molar-refractivity contribution in [2.24, 2.45) is 5.92 Å². The molecule has 18 heavy (non-hydrogen) atoms. The van der Waals surface area contributed by atoms with Gasteiger partial charge in [-0.15, -0.1) is 0 Å². The lowest BCUT2D eigenvalue weighted by Crippen LogP contribution is -2.18. The monoisotopic (exact) mass is 326 g/mol. The van der Waals surface area contributed by atoms with Crippen molar-refractivity contribution in [3.8, 4) is 0 Å². The quantitative estimate of drug-likeness (QED) is 0.923. The molecule has 0 aliphatic heterocycles. The third-order valence-corrected chi connectivity index (χ3v) is 3.05. The van der Waals surface area contributed by atoms with E-state index >= 15 is 0 Å². The molecule has 1 N–H and O–H groups in total. The van der Waals surface area contributed by atoms with Crippen molar-refractivity contribution in [3.63, 3.8) is 0 Å². The number of halogens is 4. The fraction of sp³-hybridized carbons (Fsp3) is 0.636. The maximum absolute atomic E-state index is 12.1. The van der Waals surface area contributed by atoms with Crippen LogP contribution in [0.3, 0.4) is 0 Å². The average molecular weight is 327 g/mol. The van der Waals surface area contributed by atoms with Crippen molar-refractivity contribution < 1.29 is 13.2 Å². The smallest absolute Gasteiger partial charge is 0.310 e. The van der Waals surface area contributed by atoms with Gasteiger partial charge in [0.05, 0.1) is 12.1 Å². The molecule has 3 nitrogen and oxygen atoms in total. The maximum atomic E-state index is 12.1. The second-order valence-corrected chi connectivity index (χ2v) is 5.28. The molecule has 0 unspecified atom stereocenters. The third kappa shape index (κ3) is 4.80. The van der Waals surface area contributed by atoms with E-state index in [4.69, 9.17) is 0 Å². The minimum Gasteiger partial charge on any atom is -0.310 e. The molecule has 0 aliphatic rings. The summed E-state index contributed by atoms with van der Waals surface area (Å²) in [6.45, 7) is 3.90. The first-order valence-corrected chi connectivity index (χ1v) is 6.32. The molecule has 7 heteroatoms. The zero-order valence-electron chi connectivity index (χ0n) is 10.1. The summed E-state index contributed by atoms with van der Waals surface area (Å²) in [6.07, 6.45) is -5.00. The first kappa shape index (κ1) is 15.2. The Bertz CT molecular complexity index is 468. The Labute approximate surface area is 111 Å². The fourth-order valence-electron chi connectivity index (χ4n) is 1.46. The molecule has 0 saturated carbocycles. The van der Waals surface area contributed by atoms with Gasteiger partial charge in [-0.2, -0.15) is 13.2 Å². The van der Waals surface area contributed by atoms with Gasteiger partial charge in [0.15, 0.2) is 0 Å². The summed E-state index contributed by atoms with van der Waals surface area (Å²) >= 11 is 3.10. The van der Waals surface area contributed by atoms with Crippen molar-refractivity contribution in [1.82, 2.24) is 9.97 Å². The molecule has 0 aliphatic carbocycles. The summed E-state index contributed by atoms with van der Waals surface area (Å²) in [5, 5.41) is 0. The molecular formula is C11H14BrF3N2O. The van der Waals surface area contributed by atoms with Gasteiger partial charge in [0.2, 0.25) is 0 Å². The number of nitrogens with one attached hydrogen (secondary N) is 1. The van der Waals surface area contributed by atoms with Crippen LogP contribution in [-0.4, -0.2) is 16.1 Å². The van der Waals surface area contributed by atoms with Crippen LogP contribution in [0.1, 0.15) is 31.8 Å². The molecule has 0 fully saturated rings. The standard InChI is InChI=1S/C11H14BrF3N2O/c1-6(2)5-7-9(12)10(18)17-8(16-7)3-4-11(13,14)15/h6H,3-5H2,1-2H3,(H,16,17,18). The van der Waals surface area contributed by atoms with Gasteiger partial charge in [-0.1, -0.05) is 13.8 Å². The van der Waals surface area contributed by atoms with E-state index in [1.807, 2.05) is 13.8 Å². The molecule has 0 bridgehead atoms. The molecule has 102 valence electrons. The second-order valence-electron chi connectivity index (χ2n) is 4.49. The lowest BCUT2D eigenvalue weighted by atomic mass is 10.1. The first-order chi connectivity index (χ1) is 8.19. The van der Waals surface area contributed by atoms with Crippen molar-refractivity contribution >= 4 is 15.9 Å². The van der Waals surface area contributed by atoms with Crippen molar-refractivity contribution in [2.45, 2.75) is 39.3 Å². The summed E-state index contributed by atoms with van der Waals surface area (Å²) < 4.78 is 36.6. The van der Waals surface area contributed by atoms with Crippen LogP contribution in [0.4, 0.5) is 13.2 Å². The normalized spacial score (nSPS) is 12.2. The van der Waals surface area contributed by atoms with E-state index < -0.39 is 18.2 Å². The van der Waals surface area contributed by atoms with E-state index in [0.29, 0.717) is 16.6 Å². The number of nitrogens with zero attached hydrogens (tertiary/aromatic N) is 1. The van der Waals surface area contributed by atoms with E-state index in [1.54, 1.807) is 0 Å². The van der Waals surface area contributed by atoms with Crippen LogP contribution in [0, 0.1) is 5.92 Å². The van der Waals surface area contributed by atoms with Crippen LogP contribution in [0.5, 0.6) is 0 Å². The summed E-state index contributed by atoms with van der Waals surface area (Å²) in [5.41, 5.74) is 0.0729. The molecule has 0 radical (unpaired) electrons. The Balaban J connectivity index is 2.94. The Kier molecular flexibility index (Phi) is 4.95. The highest BCUT2D eigenvalue weighted by Crippen LogP contribution is 2.21. The Hall–Kier alpha value is -0.850. The average Bonchev–Trinajstić information content (AvgIpc) is 2.20. The van der Waals surface area contributed by atoms with Gasteiger partial charge in [-0.25, -0.2) is 4.98 Å². The number of alkyl halides is 3. The minimum absolute atomic E-state index is 0.0798. The first-order valence-electron chi connectivity index (χ1n) is 5.53. The number of hydrogen-bond donors (Lipinski definition) is 1. The summed E-state index contributed by atoms with van der Waals surface area (Å²) in [4.78, 5) is 18.0. The van der Waals surface area contributed by atoms with Crippen molar-refractivity contribution in [1.29, 1.82) is 0 Å².